The number of nitrogens with one attached hydrogen (secondary N) is 1. The van der Waals surface area contributed by atoms with Gasteiger partial charge in [0.2, 0.25) is 10.0 Å². The van der Waals surface area contributed by atoms with E-state index in [0.717, 1.165) is 29.5 Å². The summed E-state index contributed by atoms with van der Waals surface area (Å²) < 4.78 is 29.0. The number of aryl methyl sites for hydroxylation is 3. The van der Waals surface area contributed by atoms with Crippen LogP contribution < -0.4 is 4.72 Å². The van der Waals surface area contributed by atoms with Crippen molar-refractivity contribution < 1.29 is 8.42 Å². The molecule has 1 aliphatic rings. The van der Waals surface area contributed by atoms with E-state index in [0.29, 0.717) is 4.90 Å². The SMILES string of the molecule is Cc1ccc(S(=O)(=O)NC2c3ccccc3CCc3ccccc32)cc1. The molecule has 0 fully saturated rings. The second-order valence-electron chi connectivity index (χ2n) is 6.76. The normalized spacial score (nSPS) is 14.3. The highest BCUT2D eigenvalue weighted by Crippen LogP contribution is 2.33. The van der Waals surface area contributed by atoms with Gasteiger partial charge in [-0.2, -0.15) is 4.72 Å². The fourth-order valence-corrected chi connectivity index (χ4v) is 4.79. The number of benzene rings is 3. The van der Waals surface area contributed by atoms with Crippen molar-refractivity contribution in [3.05, 3.63) is 101 Å². The molecule has 0 aliphatic heterocycles. The van der Waals surface area contributed by atoms with E-state index in [2.05, 4.69) is 16.9 Å². The van der Waals surface area contributed by atoms with Crippen LogP contribution >= 0.6 is 0 Å². The molecule has 0 amide bonds. The van der Waals surface area contributed by atoms with Crippen LogP contribution in [0.25, 0.3) is 0 Å². The lowest BCUT2D eigenvalue weighted by molar-refractivity contribution is 0.572. The molecule has 0 saturated carbocycles. The van der Waals surface area contributed by atoms with Crippen molar-refractivity contribution in [2.75, 3.05) is 0 Å². The Morgan fingerprint density at radius 2 is 1.27 bits per heavy atom. The molecule has 4 heteroatoms. The number of hydrogen-bond acceptors (Lipinski definition) is 2. The van der Waals surface area contributed by atoms with Gasteiger partial charge >= 0.3 is 0 Å². The first-order valence-corrected chi connectivity index (χ1v) is 10.3. The Bertz CT molecular complexity index is 992. The average Bonchev–Trinajstić information content (AvgIpc) is 2.80. The summed E-state index contributed by atoms with van der Waals surface area (Å²) in [5, 5.41) is 0. The molecule has 3 aromatic carbocycles. The lowest BCUT2D eigenvalue weighted by Crippen LogP contribution is -2.30. The molecule has 3 nitrogen and oxygen atoms in total. The Balaban J connectivity index is 1.81. The summed E-state index contributed by atoms with van der Waals surface area (Å²) in [7, 11) is -3.63. The van der Waals surface area contributed by atoms with E-state index in [-0.39, 0.29) is 6.04 Å². The molecule has 1 aliphatic carbocycles. The van der Waals surface area contributed by atoms with Gasteiger partial charge in [-0.1, -0.05) is 66.2 Å². The van der Waals surface area contributed by atoms with Crippen molar-refractivity contribution in [2.24, 2.45) is 0 Å². The van der Waals surface area contributed by atoms with E-state index in [4.69, 9.17) is 0 Å². The largest absolute Gasteiger partial charge is 0.241 e. The highest BCUT2D eigenvalue weighted by atomic mass is 32.2. The highest BCUT2D eigenvalue weighted by Gasteiger charge is 2.28. The van der Waals surface area contributed by atoms with E-state index in [1.165, 1.54) is 11.1 Å². The van der Waals surface area contributed by atoms with Gasteiger partial charge in [-0.15, -0.1) is 0 Å². The summed E-state index contributed by atoms with van der Waals surface area (Å²) in [5.41, 5.74) is 5.50. The number of sulfonamides is 1. The maximum atomic E-state index is 13.0. The summed E-state index contributed by atoms with van der Waals surface area (Å²) in [4.78, 5) is 0.294. The van der Waals surface area contributed by atoms with Gasteiger partial charge in [0.05, 0.1) is 10.9 Å². The molecule has 1 N–H and O–H groups in total. The third kappa shape index (κ3) is 3.18. The van der Waals surface area contributed by atoms with Crippen LogP contribution in [0.2, 0.25) is 0 Å². The van der Waals surface area contributed by atoms with Gasteiger partial charge in [0, 0.05) is 0 Å². The highest BCUT2D eigenvalue weighted by molar-refractivity contribution is 7.89. The zero-order valence-corrected chi connectivity index (χ0v) is 15.5. The van der Waals surface area contributed by atoms with Crippen molar-refractivity contribution >= 4 is 10.0 Å². The molecular weight excluding hydrogens is 342 g/mol. The zero-order chi connectivity index (χ0) is 18.1. The molecule has 0 saturated heterocycles. The van der Waals surface area contributed by atoms with Crippen molar-refractivity contribution in [3.8, 4) is 0 Å². The van der Waals surface area contributed by atoms with Crippen LogP contribution in [-0.2, 0) is 22.9 Å². The van der Waals surface area contributed by atoms with E-state index in [9.17, 15) is 8.42 Å². The molecule has 0 unspecified atom stereocenters. The first kappa shape index (κ1) is 17.0. The van der Waals surface area contributed by atoms with Gasteiger partial charge in [0.15, 0.2) is 0 Å². The summed E-state index contributed by atoms with van der Waals surface area (Å²) in [6, 6.07) is 22.8. The van der Waals surface area contributed by atoms with E-state index in [1.807, 2.05) is 55.5 Å². The summed E-state index contributed by atoms with van der Waals surface area (Å²) in [6.07, 6.45) is 1.83. The minimum Gasteiger partial charge on any atom is -0.207 e. The molecule has 0 radical (unpaired) electrons. The Kier molecular flexibility index (Phi) is 4.39. The van der Waals surface area contributed by atoms with E-state index < -0.39 is 10.0 Å². The van der Waals surface area contributed by atoms with E-state index in [1.54, 1.807) is 12.1 Å². The van der Waals surface area contributed by atoms with Gasteiger partial charge in [-0.25, -0.2) is 8.42 Å². The Morgan fingerprint density at radius 1 is 0.769 bits per heavy atom. The number of fused-ring (bicyclic) bond motifs is 2. The van der Waals surface area contributed by atoms with Crippen LogP contribution in [0.1, 0.15) is 33.9 Å². The first-order valence-electron chi connectivity index (χ1n) is 8.79. The van der Waals surface area contributed by atoms with Crippen molar-refractivity contribution in [2.45, 2.75) is 30.7 Å². The molecule has 0 aromatic heterocycles. The van der Waals surface area contributed by atoms with Gasteiger partial charge in [0.25, 0.3) is 0 Å². The number of rotatable bonds is 3. The molecule has 132 valence electrons. The van der Waals surface area contributed by atoms with Crippen LogP contribution in [0.3, 0.4) is 0 Å². The maximum absolute atomic E-state index is 13.0. The predicted molar refractivity (Wildman–Crippen MR) is 104 cm³/mol. The van der Waals surface area contributed by atoms with Crippen LogP contribution in [0.15, 0.2) is 77.7 Å². The predicted octanol–water partition coefficient (Wildman–Crippen LogP) is 4.16. The second kappa shape index (κ2) is 6.71. The third-order valence-corrected chi connectivity index (χ3v) is 6.44. The molecule has 0 spiro atoms. The quantitative estimate of drug-likeness (QED) is 0.759. The smallest absolute Gasteiger partial charge is 0.207 e. The molecule has 3 aromatic rings. The van der Waals surface area contributed by atoms with E-state index >= 15 is 0 Å². The lowest BCUT2D eigenvalue weighted by Gasteiger charge is -2.22. The molecule has 26 heavy (non-hydrogen) atoms. The second-order valence-corrected chi connectivity index (χ2v) is 8.48. The van der Waals surface area contributed by atoms with Crippen molar-refractivity contribution in [3.63, 3.8) is 0 Å². The van der Waals surface area contributed by atoms with Crippen molar-refractivity contribution in [1.82, 2.24) is 4.72 Å². The minimum absolute atomic E-state index is 0.294. The third-order valence-electron chi connectivity index (χ3n) is 5.00. The Morgan fingerprint density at radius 3 is 1.81 bits per heavy atom. The van der Waals surface area contributed by atoms with Crippen LogP contribution in [0.5, 0.6) is 0 Å². The monoisotopic (exact) mass is 363 g/mol. The average molecular weight is 363 g/mol. The lowest BCUT2D eigenvalue weighted by atomic mass is 9.96. The Hall–Kier alpha value is -2.43. The summed E-state index contributed by atoms with van der Waals surface area (Å²) in [5.74, 6) is 0. The fraction of sp³-hybridized carbons (Fsp3) is 0.182. The van der Waals surface area contributed by atoms with Gasteiger partial charge in [0.1, 0.15) is 0 Å². The van der Waals surface area contributed by atoms with Gasteiger partial charge in [-0.3, -0.25) is 0 Å². The molecule has 0 atom stereocenters. The zero-order valence-electron chi connectivity index (χ0n) is 14.6. The molecular formula is C22H21NO2S. The van der Waals surface area contributed by atoms with Gasteiger partial charge < -0.3 is 0 Å². The maximum Gasteiger partial charge on any atom is 0.241 e. The topological polar surface area (TPSA) is 46.2 Å². The Labute approximate surface area is 154 Å². The van der Waals surface area contributed by atoms with Gasteiger partial charge in [-0.05, 0) is 54.2 Å². The first-order chi connectivity index (χ1) is 12.5. The standard InChI is InChI=1S/C22H21NO2S/c1-16-10-14-19(15-11-16)26(24,25)23-22-20-8-4-2-6-17(20)12-13-18-7-3-5-9-21(18)22/h2-11,14-15,22-23H,12-13H2,1H3. The fourth-order valence-electron chi connectivity index (χ4n) is 3.59. The summed E-state index contributed by atoms with van der Waals surface area (Å²) >= 11 is 0. The molecule has 0 bridgehead atoms. The minimum atomic E-state index is -3.63. The van der Waals surface area contributed by atoms with Crippen LogP contribution in [-0.4, -0.2) is 8.42 Å². The summed E-state index contributed by atoms with van der Waals surface area (Å²) in [6.45, 7) is 1.95. The number of hydrogen-bond donors (Lipinski definition) is 1. The molecule has 4 rings (SSSR count). The molecule has 0 heterocycles. The van der Waals surface area contributed by atoms with Crippen LogP contribution in [0, 0.1) is 6.92 Å². The van der Waals surface area contributed by atoms with Crippen molar-refractivity contribution in [1.29, 1.82) is 0 Å². The van der Waals surface area contributed by atoms with Crippen LogP contribution in [0.4, 0.5) is 0 Å².